The van der Waals surface area contributed by atoms with Gasteiger partial charge in [0, 0.05) is 19.1 Å². The second-order valence-corrected chi connectivity index (χ2v) is 9.49. The van der Waals surface area contributed by atoms with E-state index in [4.69, 9.17) is 4.74 Å². The molecule has 0 aliphatic carbocycles. The number of hydrogen-bond donors (Lipinski definition) is 2. The number of methoxy groups -OCH3 is 1. The van der Waals surface area contributed by atoms with Crippen molar-refractivity contribution in [3.8, 4) is 0 Å². The highest BCUT2D eigenvalue weighted by Crippen LogP contribution is 2.31. The van der Waals surface area contributed by atoms with E-state index in [-0.39, 0.29) is 10.8 Å². The van der Waals surface area contributed by atoms with Crippen LogP contribution in [0.5, 0.6) is 0 Å². The van der Waals surface area contributed by atoms with Gasteiger partial charge in [0.2, 0.25) is 10.0 Å². The first-order valence-corrected chi connectivity index (χ1v) is 9.97. The Morgan fingerprint density at radius 1 is 1.21 bits per heavy atom. The van der Waals surface area contributed by atoms with Gasteiger partial charge in [0.1, 0.15) is 0 Å². The summed E-state index contributed by atoms with van der Waals surface area (Å²) in [7, 11) is -1.88. The minimum absolute atomic E-state index is 0.135. The summed E-state index contributed by atoms with van der Waals surface area (Å²) < 4.78 is 34.1. The number of nitrogens with one attached hydrogen (secondary N) is 2. The van der Waals surface area contributed by atoms with Crippen molar-refractivity contribution < 1.29 is 13.2 Å². The summed E-state index contributed by atoms with van der Waals surface area (Å²) in [4.78, 5) is 0.374. The third-order valence-electron chi connectivity index (χ3n) is 4.74. The van der Waals surface area contributed by atoms with E-state index in [1.165, 1.54) is 0 Å². The number of piperidine rings is 1. The van der Waals surface area contributed by atoms with Gasteiger partial charge in [0.15, 0.2) is 0 Å². The summed E-state index contributed by atoms with van der Waals surface area (Å²) in [6, 6.07) is 7.25. The van der Waals surface area contributed by atoms with Crippen molar-refractivity contribution in [2.24, 2.45) is 5.41 Å². The monoisotopic (exact) mass is 354 g/mol. The molecule has 1 saturated heterocycles. The van der Waals surface area contributed by atoms with Gasteiger partial charge >= 0.3 is 0 Å². The standard InChI is InChI=1S/C18H30N2O3S/c1-17(2,3)15-7-5-6-8-16(15)24(21,22)20-13-18(14-23-4)9-11-19-12-10-18/h5-8,19-20H,9-14H2,1-4H3. The van der Waals surface area contributed by atoms with Crippen LogP contribution in [0.2, 0.25) is 0 Å². The number of benzene rings is 1. The van der Waals surface area contributed by atoms with Crippen LogP contribution in [-0.2, 0) is 20.2 Å². The van der Waals surface area contributed by atoms with Crippen molar-refractivity contribution >= 4 is 10.0 Å². The molecule has 0 radical (unpaired) electrons. The van der Waals surface area contributed by atoms with E-state index in [0.29, 0.717) is 18.0 Å². The van der Waals surface area contributed by atoms with Crippen molar-refractivity contribution in [1.29, 1.82) is 0 Å². The second kappa shape index (κ2) is 7.52. The first kappa shape index (κ1) is 19.4. The van der Waals surface area contributed by atoms with Crippen LogP contribution in [0.15, 0.2) is 29.2 Å². The quantitative estimate of drug-likeness (QED) is 0.822. The van der Waals surface area contributed by atoms with E-state index in [1.54, 1.807) is 19.2 Å². The maximum Gasteiger partial charge on any atom is 0.240 e. The number of ether oxygens (including phenoxy) is 1. The van der Waals surface area contributed by atoms with E-state index in [9.17, 15) is 8.42 Å². The highest BCUT2D eigenvalue weighted by Gasteiger charge is 2.34. The first-order valence-electron chi connectivity index (χ1n) is 8.49. The maximum atomic E-state index is 12.9. The van der Waals surface area contributed by atoms with Crippen LogP contribution in [-0.4, -0.2) is 41.8 Å². The van der Waals surface area contributed by atoms with Crippen LogP contribution < -0.4 is 10.0 Å². The molecule has 1 fully saturated rings. The van der Waals surface area contributed by atoms with Gasteiger partial charge in [-0.15, -0.1) is 0 Å². The third kappa shape index (κ3) is 4.57. The fourth-order valence-corrected chi connectivity index (χ4v) is 4.86. The Labute approximate surface area is 146 Å². The van der Waals surface area contributed by atoms with Gasteiger partial charge in [-0.3, -0.25) is 0 Å². The minimum atomic E-state index is -3.56. The predicted octanol–water partition coefficient (Wildman–Crippen LogP) is 2.28. The van der Waals surface area contributed by atoms with Gasteiger partial charge in [0.05, 0.1) is 11.5 Å². The van der Waals surface area contributed by atoms with E-state index in [2.05, 4.69) is 10.0 Å². The SMILES string of the molecule is COCC1(CNS(=O)(=O)c2ccccc2C(C)(C)C)CCNCC1. The Bertz CT molecular complexity index is 639. The smallest absolute Gasteiger partial charge is 0.240 e. The molecule has 0 unspecified atom stereocenters. The minimum Gasteiger partial charge on any atom is -0.384 e. The lowest BCUT2D eigenvalue weighted by Gasteiger charge is -2.37. The van der Waals surface area contributed by atoms with Crippen molar-refractivity contribution in [3.05, 3.63) is 29.8 Å². The summed E-state index contributed by atoms with van der Waals surface area (Å²) in [5, 5.41) is 3.32. The zero-order valence-corrected chi connectivity index (χ0v) is 16.0. The van der Waals surface area contributed by atoms with Crippen LogP contribution in [0.3, 0.4) is 0 Å². The Hall–Kier alpha value is -0.950. The van der Waals surface area contributed by atoms with Crippen LogP contribution in [0.4, 0.5) is 0 Å². The van der Waals surface area contributed by atoms with Crippen LogP contribution >= 0.6 is 0 Å². The Morgan fingerprint density at radius 3 is 2.42 bits per heavy atom. The lowest BCUT2D eigenvalue weighted by atomic mass is 9.80. The Balaban J connectivity index is 2.23. The maximum absolute atomic E-state index is 12.9. The molecule has 1 aromatic carbocycles. The summed E-state index contributed by atoms with van der Waals surface area (Å²) >= 11 is 0. The van der Waals surface area contributed by atoms with Gasteiger partial charge in [-0.1, -0.05) is 39.0 Å². The Kier molecular flexibility index (Phi) is 6.07. The molecule has 1 aliphatic rings. The molecule has 0 amide bonds. The second-order valence-electron chi connectivity index (χ2n) is 7.75. The van der Waals surface area contributed by atoms with E-state index in [0.717, 1.165) is 31.5 Å². The van der Waals surface area contributed by atoms with Gasteiger partial charge in [-0.25, -0.2) is 13.1 Å². The molecule has 1 heterocycles. The zero-order valence-electron chi connectivity index (χ0n) is 15.2. The third-order valence-corrected chi connectivity index (χ3v) is 6.20. The normalized spacial score (nSPS) is 18.5. The fraction of sp³-hybridized carbons (Fsp3) is 0.667. The molecule has 2 N–H and O–H groups in total. The topological polar surface area (TPSA) is 67.4 Å². The van der Waals surface area contributed by atoms with Crippen LogP contribution in [0.25, 0.3) is 0 Å². The molecule has 0 aromatic heterocycles. The fourth-order valence-electron chi connectivity index (χ4n) is 3.28. The van der Waals surface area contributed by atoms with E-state index in [1.807, 2.05) is 32.9 Å². The summed E-state index contributed by atoms with van der Waals surface area (Å²) in [5.41, 5.74) is 0.470. The molecule has 24 heavy (non-hydrogen) atoms. The lowest BCUT2D eigenvalue weighted by Crippen LogP contribution is -2.47. The molecule has 0 saturated carbocycles. The largest absolute Gasteiger partial charge is 0.384 e. The Morgan fingerprint density at radius 2 is 1.83 bits per heavy atom. The zero-order chi connectivity index (χ0) is 17.8. The number of hydrogen-bond acceptors (Lipinski definition) is 4. The molecule has 1 aliphatic heterocycles. The first-order chi connectivity index (χ1) is 11.2. The molecule has 1 aromatic rings. The molecule has 2 rings (SSSR count). The van der Waals surface area contributed by atoms with Crippen molar-refractivity contribution in [2.75, 3.05) is 33.4 Å². The van der Waals surface area contributed by atoms with Gasteiger partial charge < -0.3 is 10.1 Å². The summed E-state index contributed by atoms with van der Waals surface area (Å²) in [6.07, 6.45) is 1.81. The lowest BCUT2D eigenvalue weighted by molar-refractivity contribution is 0.0577. The van der Waals surface area contributed by atoms with Crippen LogP contribution in [0, 0.1) is 5.41 Å². The molecule has 0 spiro atoms. The molecule has 6 heteroatoms. The molecule has 0 bridgehead atoms. The van der Waals surface area contributed by atoms with Crippen molar-refractivity contribution in [2.45, 2.75) is 43.9 Å². The van der Waals surface area contributed by atoms with E-state index < -0.39 is 10.0 Å². The predicted molar refractivity (Wildman–Crippen MR) is 96.7 cm³/mol. The van der Waals surface area contributed by atoms with Crippen LogP contribution in [0.1, 0.15) is 39.2 Å². The molecular formula is C18H30N2O3S. The average molecular weight is 355 g/mol. The molecule has 5 nitrogen and oxygen atoms in total. The summed E-state index contributed by atoms with van der Waals surface area (Å²) in [5.74, 6) is 0. The molecule has 136 valence electrons. The van der Waals surface area contributed by atoms with Gasteiger partial charge in [-0.2, -0.15) is 0 Å². The number of rotatable bonds is 6. The van der Waals surface area contributed by atoms with Gasteiger partial charge in [0.25, 0.3) is 0 Å². The highest BCUT2D eigenvalue weighted by atomic mass is 32.2. The molecule has 0 atom stereocenters. The highest BCUT2D eigenvalue weighted by molar-refractivity contribution is 7.89. The molecular weight excluding hydrogens is 324 g/mol. The number of sulfonamides is 1. The van der Waals surface area contributed by atoms with E-state index >= 15 is 0 Å². The average Bonchev–Trinajstić information content (AvgIpc) is 2.54. The summed E-state index contributed by atoms with van der Waals surface area (Å²) in [6.45, 7) is 8.84. The van der Waals surface area contributed by atoms with Crippen molar-refractivity contribution in [3.63, 3.8) is 0 Å². The van der Waals surface area contributed by atoms with Crippen molar-refractivity contribution in [1.82, 2.24) is 10.0 Å². The van der Waals surface area contributed by atoms with Gasteiger partial charge in [-0.05, 0) is 43.0 Å².